The van der Waals surface area contributed by atoms with Gasteiger partial charge in [-0.2, -0.15) is 5.10 Å². The number of aromatic nitrogens is 2. The van der Waals surface area contributed by atoms with Crippen LogP contribution in [0.2, 0.25) is 0 Å². The zero-order valence-electron chi connectivity index (χ0n) is 7.28. The van der Waals surface area contributed by atoms with E-state index in [1.165, 1.54) is 6.20 Å². The van der Waals surface area contributed by atoms with Gasteiger partial charge in [0.2, 0.25) is 0 Å². The number of hydrogen-bond acceptors (Lipinski definition) is 3. The van der Waals surface area contributed by atoms with Crippen LogP contribution in [0.3, 0.4) is 0 Å². The molecule has 0 radical (unpaired) electrons. The Morgan fingerprint density at radius 1 is 1.58 bits per heavy atom. The minimum absolute atomic E-state index is 0.464. The van der Waals surface area contributed by atoms with E-state index in [4.69, 9.17) is 10.0 Å². The van der Waals surface area contributed by atoms with Crippen molar-refractivity contribution >= 4 is 12.6 Å². The van der Waals surface area contributed by atoms with E-state index in [0.717, 1.165) is 12.1 Å². The van der Waals surface area contributed by atoms with Crippen molar-refractivity contribution in [2.24, 2.45) is 5.92 Å². The Morgan fingerprint density at radius 3 is 2.75 bits per heavy atom. The van der Waals surface area contributed by atoms with Crippen LogP contribution in [0, 0.1) is 5.92 Å². The van der Waals surface area contributed by atoms with Gasteiger partial charge in [0.15, 0.2) is 0 Å². The van der Waals surface area contributed by atoms with Crippen LogP contribution in [0.1, 0.15) is 19.5 Å². The molecule has 0 spiro atoms. The van der Waals surface area contributed by atoms with Crippen molar-refractivity contribution < 1.29 is 10.0 Å². The monoisotopic (exact) mass is 168 g/mol. The zero-order valence-corrected chi connectivity index (χ0v) is 7.28. The van der Waals surface area contributed by atoms with Gasteiger partial charge in [-0.3, -0.25) is 5.10 Å². The average Bonchev–Trinajstić information content (AvgIpc) is 2.33. The summed E-state index contributed by atoms with van der Waals surface area (Å²) in [6, 6.07) is 0. The fourth-order valence-corrected chi connectivity index (χ4v) is 1.10. The average molecular weight is 168 g/mol. The molecule has 0 aliphatic rings. The van der Waals surface area contributed by atoms with Crippen molar-refractivity contribution in [2.45, 2.75) is 20.3 Å². The maximum Gasteiger partial charge on any atom is 0.491 e. The number of rotatable bonds is 3. The van der Waals surface area contributed by atoms with Gasteiger partial charge in [-0.15, -0.1) is 0 Å². The summed E-state index contributed by atoms with van der Waals surface area (Å²) in [6.45, 7) is 4.12. The van der Waals surface area contributed by atoms with E-state index in [0.29, 0.717) is 11.4 Å². The molecule has 0 aliphatic heterocycles. The highest BCUT2D eigenvalue weighted by molar-refractivity contribution is 6.59. The van der Waals surface area contributed by atoms with Gasteiger partial charge in [-0.1, -0.05) is 13.8 Å². The van der Waals surface area contributed by atoms with Crippen LogP contribution >= 0.6 is 0 Å². The minimum Gasteiger partial charge on any atom is -0.423 e. The molecule has 12 heavy (non-hydrogen) atoms. The molecule has 1 rings (SSSR count). The van der Waals surface area contributed by atoms with Crippen LogP contribution in [-0.2, 0) is 6.42 Å². The molecule has 1 aromatic rings. The molecule has 0 saturated carbocycles. The van der Waals surface area contributed by atoms with E-state index < -0.39 is 7.12 Å². The first-order valence-corrected chi connectivity index (χ1v) is 4.00. The number of nitrogens with one attached hydrogen (secondary N) is 1. The van der Waals surface area contributed by atoms with Gasteiger partial charge >= 0.3 is 7.12 Å². The molecule has 0 atom stereocenters. The molecule has 66 valence electrons. The van der Waals surface area contributed by atoms with E-state index in [-0.39, 0.29) is 0 Å². The van der Waals surface area contributed by atoms with Gasteiger partial charge in [-0.05, 0) is 12.3 Å². The third-order valence-corrected chi connectivity index (χ3v) is 1.63. The summed E-state index contributed by atoms with van der Waals surface area (Å²) in [4.78, 5) is 0. The molecule has 0 bridgehead atoms. The van der Waals surface area contributed by atoms with Crippen molar-refractivity contribution in [2.75, 3.05) is 0 Å². The largest absolute Gasteiger partial charge is 0.491 e. The fourth-order valence-electron chi connectivity index (χ4n) is 1.10. The lowest BCUT2D eigenvalue weighted by Crippen LogP contribution is -2.32. The van der Waals surface area contributed by atoms with Gasteiger partial charge in [0.05, 0.1) is 5.69 Å². The standard InChI is InChI=1S/C7H13BN2O2/c1-5(2)3-7-6(8(11)12)4-9-10-7/h4-5,11-12H,3H2,1-2H3,(H,9,10). The van der Waals surface area contributed by atoms with Crippen LogP contribution in [-0.4, -0.2) is 27.4 Å². The lowest BCUT2D eigenvalue weighted by atomic mass is 9.79. The molecule has 0 unspecified atom stereocenters. The molecular weight excluding hydrogens is 155 g/mol. The predicted molar refractivity (Wildman–Crippen MR) is 47.0 cm³/mol. The van der Waals surface area contributed by atoms with E-state index in [9.17, 15) is 0 Å². The van der Waals surface area contributed by atoms with Crippen molar-refractivity contribution in [1.29, 1.82) is 0 Å². The number of hydrogen-bond donors (Lipinski definition) is 3. The first-order chi connectivity index (χ1) is 5.61. The number of H-pyrrole nitrogens is 1. The summed E-state index contributed by atoms with van der Waals surface area (Å²) in [5, 5.41) is 24.4. The van der Waals surface area contributed by atoms with Gasteiger partial charge in [0, 0.05) is 11.7 Å². The molecule has 0 aliphatic carbocycles. The van der Waals surface area contributed by atoms with E-state index >= 15 is 0 Å². The summed E-state index contributed by atoms with van der Waals surface area (Å²) >= 11 is 0. The van der Waals surface area contributed by atoms with Crippen LogP contribution in [0.25, 0.3) is 0 Å². The van der Waals surface area contributed by atoms with Crippen molar-refractivity contribution in [3.63, 3.8) is 0 Å². The quantitative estimate of drug-likeness (QED) is 0.522. The Labute approximate surface area is 71.8 Å². The second-order valence-corrected chi connectivity index (χ2v) is 3.26. The van der Waals surface area contributed by atoms with Gasteiger partial charge in [0.25, 0.3) is 0 Å². The topological polar surface area (TPSA) is 69.1 Å². The van der Waals surface area contributed by atoms with Crippen LogP contribution in [0.4, 0.5) is 0 Å². The minimum atomic E-state index is -1.42. The smallest absolute Gasteiger partial charge is 0.423 e. The first kappa shape index (κ1) is 9.28. The molecule has 0 fully saturated rings. The Kier molecular flexibility index (Phi) is 2.89. The number of nitrogens with zero attached hydrogens (tertiary/aromatic N) is 1. The lowest BCUT2D eigenvalue weighted by molar-refractivity contribution is 0.425. The highest BCUT2D eigenvalue weighted by atomic mass is 16.4. The Bertz CT molecular complexity index is 247. The van der Waals surface area contributed by atoms with Crippen molar-refractivity contribution in [3.05, 3.63) is 11.9 Å². The molecule has 5 heteroatoms. The van der Waals surface area contributed by atoms with Gasteiger partial charge in [-0.25, -0.2) is 0 Å². The van der Waals surface area contributed by atoms with Gasteiger partial charge < -0.3 is 10.0 Å². The van der Waals surface area contributed by atoms with Crippen LogP contribution in [0.15, 0.2) is 6.20 Å². The summed E-state index contributed by atoms with van der Waals surface area (Å²) in [5.74, 6) is 0.464. The molecule has 1 heterocycles. The fraction of sp³-hybridized carbons (Fsp3) is 0.571. The zero-order chi connectivity index (χ0) is 9.14. The molecule has 0 saturated heterocycles. The third-order valence-electron chi connectivity index (χ3n) is 1.63. The Morgan fingerprint density at radius 2 is 2.25 bits per heavy atom. The summed E-state index contributed by atoms with van der Waals surface area (Å²) in [5.41, 5.74) is 1.21. The van der Waals surface area contributed by atoms with E-state index in [2.05, 4.69) is 24.0 Å². The third kappa shape index (κ3) is 2.09. The predicted octanol–water partition coefficient (Wildman–Crippen LogP) is -0.712. The second kappa shape index (κ2) is 3.73. The lowest BCUT2D eigenvalue weighted by Gasteiger charge is -2.03. The highest BCUT2D eigenvalue weighted by Gasteiger charge is 2.18. The first-order valence-electron chi connectivity index (χ1n) is 4.00. The molecule has 1 aromatic heterocycles. The summed E-state index contributed by atoms with van der Waals surface area (Å²) < 4.78 is 0. The highest BCUT2D eigenvalue weighted by Crippen LogP contribution is 2.01. The van der Waals surface area contributed by atoms with Crippen molar-refractivity contribution in [3.8, 4) is 0 Å². The molecule has 0 amide bonds. The molecule has 4 nitrogen and oxygen atoms in total. The van der Waals surface area contributed by atoms with E-state index in [1.807, 2.05) is 0 Å². The Balaban J connectivity index is 2.77. The van der Waals surface area contributed by atoms with Crippen LogP contribution in [0.5, 0.6) is 0 Å². The summed E-state index contributed by atoms with van der Waals surface area (Å²) in [6.07, 6.45) is 2.28. The molecular formula is C7H13BN2O2. The normalized spacial score (nSPS) is 10.8. The maximum atomic E-state index is 8.90. The molecule has 3 N–H and O–H groups in total. The van der Waals surface area contributed by atoms with Gasteiger partial charge in [0.1, 0.15) is 0 Å². The number of aromatic amines is 1. The Hall–Kier alpha value is -0.805. The summed E-state index contributed by atoms with van der Waals surface area (Å²) in [7, 11) is -1.42. The van der Waals surface area contributed by atoms with Crippen molar-refractivity contribution in [1.82, 2.24) is 10.2 Å². The molecule has 0 aromatic carbocycles. The maximum absolute atomic E-state index is 8.90. The van der Waals surface area contributed by atoms with Crippen LogP contribution < -0.4 is 5.46 Å². The SMILES string of the molecule is CC(C)Cc1n[nH]cc1B(O)O. The second-order valence-electron chi connectivity index (χ2n) is 3.26. The van der Waals surface area contributed by atoms with E-state index in [1.54, 1.807) is 0 Å².